The van der Waals surface area contributed by atoms with Crippen molar-refractivity contribution in [3.8, 4) is 0 Å². The zero-order chi connectivity index (χ0) is 14.9. The number of rotatable bonds is 3. The minimum absolute atomic E-state index is 0.0210. The van der Waals surface area contributed by atoms with Gasteiger partial charge in [-0.3, -0.25) is 9.59 Å². The van der Waals surface area contributed by atoms with Gasteiger partial charge in [-0.2, -0.15) is 0 Å². The molecule has 0 aromatic carbocycles. The molecule has 0 radical (unpaired) electrons. The molecule has 1 saturated heterocycles. The Kier molecular flexibility index (Phi) is 4.71. The van der Waals surface area contributed by atoms with Gasteiger partial charge in [-0.15, -0.1) is 0 Å². The fraction of sp³-hybridized carbons (Fsp3) is 0.875. The first-order valence-electron chi connectivity index (χ1n) is 8.09. The van der Waals surface area contributed by atoms with E-state index in [1.54, 1.807) is 6.92 Å². The summed E-state index contributed by atoms with van der Waals surface area (Å²) in [5.41, 5.74) is 0. The second-order valence-electron chi connectivity index (χ2n) is 6.66. The van der Waals surface area contributed by atoms with Gasteiger partial charge in [0, 0.05) is 6.04 Å². The largest absolute Gasteiger partial charge is 0.343 e. The van der Waals surface area contributed by atoms with Crippen LogP contribution in [0.5, 0.6) is 0 Å². The van der Waals surface area contributed by atoms with Crippen molar-refractivity contribution >= 4 is 11.8 Å². The van der Waals surface area contributed by atoms with Crippen LogP contribution in [0.2, 0.25) is 0 Å². The van der Waals surface area contributed by atoms with Crippen LogP contribution in [0.25, 0.3) is 0 Å². The summed E-state index contributed by atoms with van der Waals surface area (Å²) in [5.74, 6) is 1.22. The van der Waals surface area contributed by atoms with Gasteiger partial charge < -0.3 is 10.2 Å². The van der Waals surface area contributed by atoms with E-state index in [1.165, 1.54) is 19.3 Å². The van der Waals surface area contributed by atoms with Crippen LogP contribution in [0.15, 0.2) is 0 Å². The maximum absolute atomic E-state index is 12.6. The highest BCUT2D eigenvalue weighted by Crippen LogP contribution is 2.36. The van der Waals surface area contributed by atoms with Gasteiger partial charge in [0.25, 0.3) is 0 Å². The fourth-order valence-corrected chi connectivity index (χ4v) is 3.91. The molecule has 1 heterocycles. The molecule has 1 aliphatic carbocycles. The van der Waals surface area contributed by atoms with E-state index in [1.807, 2.05) is 11.8 Å². The molecule has 2 fully saturated rings. The number of carbonyl (C=O) groups is 2. The molecule has 4 unspecified atom stereocenters. The van der Waals surface area contributed by atoms with E-state index in [0.717, 1.165) is 6.42 Å². The second-order valence-corrected chi connectivity index (χ2v) is 6.66. The summed E-state index contributed by atoms with van der Waals surface area (Å²) in [7, 11) is 0. The quantitative estimate of drug-likeness (QED) is 0.862. The smallest absolute Gasteiger partial charge is 0.245 e. The Morgan fingerprint density at radius 3 is 2.50 bits per heavy atom. The number of piperazine rings is 1. The molecule has 1 saturated carbocycles. The van der Waals surface area contributed by atoms with Gasteiger partial charge in [-0.1, -0.05) is 33.6 Å². The number of hydrogen-bond donors (Lipinski definition) is 1. The van der Waals surface area contributed by atoms with Crippen LogP contribution in [-0.4, -0.2) is 34.8 Å². The van der Waals surface area contributed by atoms with Crippen molar-refractivity contribution in [2.75, 3.05) is 0 Å². The molecule has 2 amide bonds. The third-order valence-corrected chi connectivity index (χ3v) is 5.00. The molecule has 0 bridgehead atoms. The Balaban J connectivity index is 2.29. The van der Waals surface area contributed by atoms with Crippen molar-refractivity contribution in [3.63, 3.8) is 0 Å². The lowest BCUT2D eigenvalue weighted by molar-refractivity contribution is -0.154. The van der Waals surface area contributed by atoms with Crippen LogP contribution in [0.4, 0.5) is 0 Å². The molecule has 4 atom stereocenters. The van der Waals surface area contributed by atoms with Gasteiger partial charge in [0.05, 0.1) is 0 Å². The van der Waals surface area contributed by atoms with Crippen molar-refractivity contribution in [3.05, 3.63) is 0 Å². The first kappa shape index (κ1) is 15.3. The van der Waals surface area contributed by atoms with Gasteiger partial charge in [0.1, 0.15) is 12.1 Å². The van der Waals surface area contributed by atoms with Crippen LogP contribution in [-0.2, 0) is 9.59 Å². The van der Waals surface area contributed by atoms with Crippen LogP contribution < -0.4 is 5.32 Å². The Labute approximate surface area is 122 Å². The molecule has 4 nitrogen and oxygen atoms in total. The highest BCUT2D eigenvalue weighted by atomic mass is 16.2. The topological polar surface area (TPSA) is 49.4 Å². The van der Waals surface area contributed by atoms with Gasteiger partial charge in [0.15, 0.2) is 0 Å². The Morgan fingerprint density at radius 2 is 1.90 bits per heavy atom. The van der Waals surface area contributed by atoms with Gasteiger partial charge in [-0.05, 0) is 38.0 Å². The Hall–Kier alpha value is -1.06. The molecular formula is C16H28N2O2. The number of nitrogens with zero attached hydrogens (tertiary/aromatic N) is 1. The van der Waals surface area contributed by atoms with E-state index in [0.29, 0.717) is 18.3 Å². The summed E-state index contributed by atoms with van der Waals surface area (Å²) in [4.78, 5) is 26.8. The van der Waals surface area contributed by atoms with Gasteiger partial charge >= 0.3 is 0 Å². The van der Waals surface area contributed by atoms with Crippen LogP contribution in [0.1, 0.15) is 59.8 Å². The van der Waals surface area contributed by atoms with E-state index in [9.17, 15) is 9.59 Å². The molecule has 4 heteroatoms. The second kappa shape index (κ2) is 6.15. The van der Waals surface area contributed by atoms with E-state index < -0.39 is 0 Å². The molecule has 2 rings (SSSR count). The summed E-state index contributed by atoms with van der Waals surface area (Å²) in [6.07, 6.45) is 5.35. The van der Waals surface area contributed by atoms with E-state index in [2.05, 4.69) is 19.2 Å². The van der Waals surface area contributed by atoms with E-state index in [-0.39, 0.29) is 29.9 Å². The first-order valence-corrected chi connectivity index (χ1v) is 8.09. The molecule has 0 aromatic rings. The Bertz CT molecular complexity index is 381. The molecule has 0 spiro atoms. The molecule has 2 aliphatic rings. The molecule has 1 N–H and O–H groups in total. The van der Waals surface area contributed by atoms with Crippen LogP contribution >= 0.6 is 0 Å². The number of nitrogens with one attached hydrogen (secondary N) is 1. The minimum Gasteiger partial charge on any atom is -0.343 e. The standard InChI is InChI=1S/C16H28N2O2/c1-5-13-15(19)17-11(4)16(20)18(13)14-9-7-6-8-12(14)10(2)3/h10-14H,5-9H2,1-4H3,(H,17,19). The predicted molar refractivity (Wildman–Crippen MR) is 79.1 cm³/mol. The zero-order valence-electron chi connectivity index (χ0n) is 13.2. The molecular weight excluding hydrogens is 252 g/mol. The lowest BCUT2D eigenvalue weighted by Gasteiger charge is -2.48. The molecule has 20 heavy (non-hydrogen) atoms. The van der Waals surface area contributed by atoms with Crippen LogP contribution in [0.3, 0.4) is 0 Å². The average Bonchev–Trinajstić information content (AvgIpc) is 2.42. The third-order valence-electron chi connectivity index (χ3n) is 5.00. The zero-order valence-corrected chi connectivity index (χ0v) is 13.2. The molecule has 1 aliphatic heterocycles. The van der Waals surface area contributed by atoms with Gasteiger partial charge in [-0.25, -0.2) is 0 Å². The number of hydrogen-bond acceptors (Lipinski definition) is 2. The SMILES string of the molecule is CCC1C(=O)NC(C)C(=O)N1C1CCCCC1C(C)C. The van der Waals surface area contributed by atoms with Crippen molar-refractivity contribution in [2.24, 2.45) is 11.8 Å². The highest BCUT2D eigenvalue weighted by molar-refractivity contribution is 5.96. The summed E-state index contributed by atoms with van der Waals surface area (Å²) in [6, 6.07) is -0.405. The van der Waals surface area contributed by atoms with Crippen molar-refractivity contribution in [1.29, 1.82) is 0 Å². The summed E-state index contributed by atoms with van der Waals surface area (Å²) < 4.78 is 0. The molecule has 114 valence electrons. The first-order chi connectivity index (χ1) is 9.47. The number of amides is 2. The average molecular weight is 280 g/mol. The third kappa shape index (κ3) is 2.70. The van der Waals surface area contributed by atoms with E-state index in [4.69, 9.17) is 0 Å². The summed E-state index contributed by atoms with van der Waals surface area (Å²) >= 11 is 0. The normalized spacial score (nSPS) is 35.4. The fourth-order valence-electron chi connectivity index (χ4n) is 3.91. The lowest BCUT2D eigenvalue weighted by Crippen LogP contribution is -2.66. The maximum atomic E-state index is 12.6. The van der Waals surface area contributed by atoms with E-state index >= 15 is 0 Å². The highest BCUT2D eigenvalue weighted by Gasteiger charge is 2.44. The maximum Gasteiger partial charge on any atom is 0.245 e. The number of carbonyl (C=O) groups excluding carboxylic acids is 2. The summed E-state index contributed by atoms with van der Waals surface area (Å²) in [6.45, 7) is 8.27. The van der Waals surface area contributed by atoms with Crippen molar-refractivity contribution in [2.45, 2.75) is 77.9 Å². The molecule has 0 aromatic heterocycles. The van der Waals surface area contributed by atoms with Crippen molar-refractivity contribution < 1.29 is 9.59 Å². The summed E-state index contributed by atoms with van der Waals surface area (Å²) in [5, 5.41) is 2.81. The van der Waals surface area contributed by atoms with Crippen molar-refractivity contribution in [1.82, 2.24) is 10.2 Å². The van der Waals surface area contributed by atoms with Crippen LogP contribution in [0, 0.1) is 11.8 Å². The monoisotopic (exact) mass is 280 g/mol. The lowest BCUT2D eigenvalue weighted by atomic mass is 9.76. The minimum atomic E-state index is -0.375. The predicted octanol–water partition coefficient (Wildman–Crippen LogP) is 2.33. The van der Waals surface area contributed by atoms with Gasteiger partial charge in [0.2, 0.25) is 11.8 Å². The Morgan fingerprint density at radius 1 is 1.25 bits per heavy atom.